The van der Waals surface area contributed by atoms with Gasteiger partial charge in [-0.05, 0) is 12.8 Å². The number of carbonyl (C=O) groups excluding carboxylic acids is 1. The van der Waals surface area contributed by atoms with Crippen molar-refractivity contribution < 1.29 is 19.0 Å². The Labute approximate surface area is 131 Å². The van der Waals surface area contributed by atoms with E-state index in [0.29, 0.717) is 32.6 Å². The van der Waals surface area contributed by atoms with Crippen LogP contribution in [0.25, 0.3) is 0 Å². The standard InChI is InChI=1S/C16H26N3O3/c1-3-4-14(20)15-12-11-16(21-9-10-22-16)6-5-13(12)19(8-7-17)18(15)2/h3-11,17H2,1-2H3/q+1. The van der Waals surface area contributed by atoms with Gasteiger partial charge in [0.25, 0.3) is 5.69 Å². The highest BCUT2D eigenvalue weighted by molar-refractivity contribution is 5.94. The molecular formula is C16H26N3O3+. The third-order valence-electron chi connectivity index (χ3n) is 4.72. The van der Waals surface area contributed by atoms with Gasteiger partial charge < -0.3 is 15.2 Å². The molecule has 2 heterocycles. The highest BCUT2D eigenvalue weighted by atomic mass is 16.7. The second-order valence-electron chi connectivity index (χ2n) is 6.17. The summed E-state index contributed by atoms with van der Waals surface area (Å²) in [5.74, 6) is -0.317. The highest BCUT2D eigenvalue weighted by Gasteiger charge is 2.46. The van der Waals surface area contributed by atoms with Crippen molar-refractivity contribution >= 4 is 5.78 Å². The van der Waals surface area contributed by atoms with E-state index in [1.54, 1.807) is 0 Å². The zero-order valence-corrected chi connectivity index (χ0v) is 13.6. The molecule has 0 unspecified atom stereocenters. The summed E-state index contributed by atoms with van der Waals surface area (Å²) >= 11 is 0. The molecule has 1 aromatic heterocycles. The molecule has 2 N–H and O–H groups in total. The summed E-state index contributed by atoms with van der Waals surface area (Å²) in [6.45, 7) is 4.61. The van der Waals surface area contributed by atoms with Gasteiger partial charge in [0.15, 0.2) is 12.8 Å². The smallest absolute Gasteiger partial charge is 0.277 e. The summed E-state index contributed by atoms with van der Waals surface area (Å²) in [7, 11) is 1.96. The number of hydrogen-bond acceptors (Lipinski definition) is 4. The predicted octanol–water partition coefficient (Wildman–Crippen LogP) is 0.486. The Balaban J connectivity index is 2.04. The normalized spacial score (nSPS) is 19.6. The Hall–Kier alpha value is -1.24. The second-order valence-corrected chi connectivity index (χ2v) is 6.17. The lowest BCUT2D eigenvalue weighted by molar-refractivity contribution is -0.755. The van der Waals surface area contributed by atoms with E-state index in [2.05, 4.69) is 4.68 Å². The van der Waals surface area contributed by atoms with Crippen LogP contribution in [0.15, 0.2) is 0 Å². The first-order chi connectivity index (χ1) is 10.6. The lowest BCUT2D eigenvalue weighted by Crippen LogP contribution is -2.45. The minimum Gasteiger partial charge on any atom is -0.347 e. The van der Waals surface area contributed by atoms with Crippen molar-refractivity contribution in [3.63, 3.8) is 0 Å². The number of aromatic nitrogens is 2. The van der Waals surface area contributed by atoms with Crippen LogP contribution < -0.4 is 10.4 Å². The average Bonchev–Trinajstić information content (AvgIpc) is 3.04. The van der Waals surface area contributed by atoms with E-state index >= 15 is 0 Å². The maximum absolute atomic E-state index is 12.6. The van der Waals surface area contributed by atoms with Crippen LogP contribution in [0.4, 0.5) is 0 Å². The van der Waals surface area contributed by atoms with Gasteiger partial charge in [0.05, 0.1) is 31.0 Å². The fourth-order valence-electron chi connectivity index (χ4n) is 3.77. The number of ether oxygens (including phenoxy) is 2. The van der Waals surface area contributed by atoms with Crippen molar-refractivity contribution in [3.05, 3.63) is 17.0 Å². The highest BCUT2D eigenvalue weighted by Crippen LogP contribution is 2.36. The molecule has 6 heteroatoms. The molecule has 1 spiro atoms. The number of nitrogens with two attached hydrogens (primary N) is 1. The molecule has 0 atom stereocenters. The first kappa shape index (κ1) is 15.6. The van der Waals surface area contributed by atoms with Crippen molar-refractivity contribution in [2.45, 2.75) is 51.4 Å². The maximum Gasteiger partial charge on any atom is 0.277 e. The number of carbonyl (C=O) groups is 1. The summed E-state index contributed by atoms with van der Waals surface area (Å²) in [5, 5.41) is 0. The van der Waals surface area contributed by atoms with Gasteiger partial charge in [-0.1, -0.05) is 6.92 Å². The average molecular weight is 308 g/mol. The summed E-state index contributed by atoms with van der Waals surface area (Å²) in [6.07, 6.45) is 3.80. The Morgan fingerprint density at radius 3 is 2.77 bits per heavy atom. The van der Waals surface area contributed by atoms with E-state index in [-0.39, 0.29) is 5.78 Å². The Morgan fingerprint density at radius 2 is 2.14 bits per heavy atom. The lowest BCUT2D eigenvalue weighted by atomic mass is 9.89. The molecule has 22 heavy (non-hydrogen) atoms. The molecule has 0 bridgehead atoms. The van der Waals surface area contributed by atoms with Crippen molar-refractivity contribution in [2.75, 3.05) is 19.8 Å². The predicted molar refractivity (Wildman–Crippen MR) is 80.6 cm³/mol. The largest absolute Gasteiger partial charge is 0.347 e. The van der Waals surface area contributed by atoms with Crippen molar-refractivity contribution in [1.29, 1.82) is 0 Å². The lowest BCUT2D eigenvalue weighted by Gasteiger charge is -2.30. The van der Waals surface area contributed by atoms with Crippen LogP contribution in [0.2, 0.25) is 0 Å². The minimum absolute atomic E-state index is 0.201. The quantitative estimate of drug-likeness (QED) is 0.635. The van der Waals surface area contributed by atoms with E-state index < -0.39 is 5.79 Å². The fourth-order valence-corrected chi connectivity index (χ4v) is 3.77. The molecule has 0 saturated carbocycles. The van der Waals surface area contributed by atoms with Crippen molar-refractivity contribution in [1.82, 2.24) is 4.68 Å². The molecule has 1 saturated heterocycles. The zero-order valence-electron chi connectivity index (χ0n) is 13.6. The number of Topliss-reactive ketones (excluding diaryl/α,β-unsaturated/α-hetero) is 1. The monoisotopic (exact) mass is 308 g/mol. The van der Waals surface area contributed by atoms with Crippen molar-refractivity contribution in [3.8, 4) is 0 Å². The van der Waals surface area contributed by atoms with E-state index in [9.17, 15) is 4.79 Å². The van der Waals surface area contributed by atoms with E-state index in [1.807, 2.05) is 18.7 Å². The van der Waals surface area contributed by atoms with Crippen LogP contribution >= 0.6 is 0 Å². The second kappa shape index (κ2) is 6.10. The first-order valence-corrected chi connectivity index (χ1v) is 8.23. The number of hydrogen-bond donors (Lipinski definition) is 1. The van der Waals surface area contributed by atoms with Gasteiger partial charge in [-0.3, -0.25) is 4.79 Å². The van der Waals surface area contributed by atoms with Gasteiger partial charge in [0.2, 0.25) is 5.78 Å². The van der Waals surface area contributed by atoms with E-state index in [1.165, 1.54) is 5.69 Å². The third-order valence-corrected chi connectivity index (χ3v) is 4.72. The summed E-state index contributed by atoms with van der Waals surface area (Å²) in [4.78, 5) is 12.6. The van der Waals surface area contributed by atoms with Gasteiger partial charge >= 0.3 is 0 Å². The zero-order chi connectivity index (χ0) is 15.7. The number of rotatable bonds is 5. The molecule has 0 aromatic carbocycles. The van der Waals surface area contributed by atoms with Crippen LogP contribution in [0.3, 0.4) is 0 Å². The Kier molecular flexibility index (Phi) is 4.34. The van der Waals surface area contributed by atoms with Gasteiger partial charge in [-0.15, -0.1) is 4.68 Å². The Bertz CT molecular complexity index is 574. The van der Waals surface area contributed by atoms with E-state index in [0.717, 1.165) is 37.1 Å². The van der Waals surface area contributed by atoms with E-state index in [4.69, 9.17) is 15.2 Å². The molecule has 3 rings (SSSR count). The molecule has 1 aliphatic carbocycles. The SMILES string of the molecule is CCCC(=O)c1c2c(n(CCN)[n+]1C)CCC1(C2)OCCO1. The molecule has 2 aliphatic rings. The number of ketones is 1. The van der Waals surface area contributed by atoms with Crippen LogP contribution in [-0.2, 0) is 35.9 Å². The van der Waals surface area contributed by atoms with Crippen LogP contribution in [-0.4, -0.2) is 36.0 Å². The van der Waals surface area contributed by atoms with Crippen LogP contribution in [0.1, 0.15) is 47.9 Å². The number of fused-ring (bicyclic) bond motifs is 1. The molecule has 0 amide bonds. The molecule has 6 nitrogen and oxygen atoms in total. The first-order valence-electron chi connectivity index (χ1n) is 8.23. The molecule has 122 valence electrons. The molecule has 0 radical (unpaired) electrons. The number of nitrogens with zero attached hydrogens (tertiary/aromatic N) is 2. The summed E-state index contributed by atoms with van der Waals surface area (Å²) in [5.41, 5.74) is 8.88. The molecular weight excluding hydrogens is 282 g/mol. The fraction of sp³-hybridized carbons (Fsp3) is 0.750. The van der Waals surface area contributed by atoms with Crippen molar-refractivity contribution in [2.24, 2.45) is 12.8 Å². The maximum atomic E-state index is 12.6. The summed E-state index contributed by atoms with van der Waals surface area (Å²) in [6, 6.07) is 0. The topological polar surface area (TPSA) is 70.4 Å². The minimum atomic E-state index is -0.518. The van der Waals surface area contributed by atoms with Gasteiger partial charge in [-0.2, -0.15) is 4.68 Å². The summed E-state index contributed by atoms with van der Waals surface area (Å²) < 4.78 is 15.9. The third kappa shape index (κ3) is 2.49. The Morgan fingerprint density at radius 1 is 1.41 bits per heavy atom. The molecule has 1 fully saturated rings. The molecule has 1 aliphatic heterocycles. The van der Waals surface area contributed by atoms with Crippen LogP contribution in [0.5, 0.6) is 0 Å². The van der Waals surface area contributed by atoms with Gasteiger partial charge in [-0.25, -0.2) is 0 Å². The van der Waals surface area contributed by atoms with Crippen LogP contribution in [0, 0.1) is 0 Å². The molecule has 1 aromatic rings. The van der Waals surface area contributed by atoms with Gasteiger partial charge in [0.1, 0.15) is 0 Å². The van der Waals surface area contributed by atoms with Gasteiger partial charge in [0, 0.05) is 25.8 Å².